The molecule has 2 aromatic rings. The van der Waals surface area contributed by atoms with Crippen LogP contribution in [0.4, 0.5) is 18.9 Å². The van der Waals surface area contributed by atoms with E-state index in [1.807, 2.05) is 11.8 Å². The number of hydrogen-bond acceptors (Lipinski definition) is 5. The summed E-state index contributed by atoms with van der Waals surface area (Å²) in [4.78, 5) is 42.3. The molecule has 1 saturated heterocycles. The van der Waals surface area contributed by atoms with Gasteiger partial charge in [0.15, 0.2) is 0 Å². The monoisotopic (exact) mass is 488 g/mol. The van der Waals surface area contributed by atoms with Crippen LogP contribution in [-0.2, 0) is 11.0 Å². The molecule has 2 aromatic carbocycles. The molecule has 0 saturated carbocycles. The molecule has 0 bridgehead atoms. The Hall–Kier alpha value is -3.40. The first-order chi connectivity index (χ1) is 16.6. The summed E-state index contributed by atoms with van der Waals surface area (Å²) in [6, 6.07) is 10.4. The van der Waals surface area contributed by atoms with Crippen LogP contribution in [-0.4, -0.2) is 73.3 Å². The third kappa shape index (κ3) is 5.64. The van der Waals surface area contributed by atoms with Crippen molar-refractivity contribution < 1.29 is 27.6 Å². The van der Waals surface area contributed by atoms with Crippen LogP contribution in [0.5, 0.6) is 0 Å². The first kappa shape index (κ1) is 24.7. The maximum absolute atomic E-state index is 13.0. The molecule has 0 spiro atoms. The fraction of sp³-hybridized carbons (Fsp3) is 0.400. The van der Waals surface area contributed by atoms with Crippen molar-refractivity contribution >= 4 is 23.4 Å². The second kappa shape index (κ2) is 10.1. The zero-order valence-electron chi connectivity index (χ0n) is 19.4. The molecule has 7 nitrogen and oxygen atoms in total. The molecule has 0 radical (unpaired) electrons. The number of nitrogens with zero attached hydrogens (tertiary/aromatic N) is 3. The number of aryl methyl sites for hydroxylation is 1. The average Bonchev–Trinajstić information content (AvgIpc) is 3.06. The third-order valence-electron chi connectivity index (χ3n) is 6.31. The van der Waals surface area contributed by atoms with Gasteiger partial charge >= 0.3 is 6.18 Å². The lowest BCUT2D eigenvalue weighted by atomic mass is 10.1. The Bertz CT molecular complexity index is 1130. The summed E-state index contributed by atoms with van der Waals surface area (Å²) in [5.41, 5.74) is 1.43. The molecule has 0 aliphatic carbocycles. The van der Waals surface area contributed by atoms with Gasteiger partial charge in [-0.05, 0) is 50.2 Å². The standard InChI is InChI=1S/C25H27F3N4O3/c1-17-6-7-20-21(14-17)24(35)32(23(20)34)16-22(33)29-8-3-9-30-10-12-31(13-11-30)19-5-2-4-18(15-19)25(26,27)28/h2,4-7,14-15H,3,8-13,16H2,1H3,(H,29,33). The Labute approximate surface area is 201 Å². The summed E-state index contributed by atoms with van der Waals surface area (Å²) in [5.74, 6) is -1.31. The second-order valence-corrected chi connectivity index (χ2v) is 8.83. The highest BCUT2D eigenvalue weighted by atomic mass is 19.4. The number of nitrogens with one attached hydrogen (secondary N) is 1. The molecule has 35 heavy (non-hydrogen) atoms. The van der Waals surface area contributed by atoms with E-state index in [2.05, 4.69) is 10.2 Å². The SMILES string of the molecule is Cc1ccc2c(c1)C(=O)N(CC(=O)NCCCN1CCN(c3cccc(C(F)(F)F)c3)CC1)C2=O. The molecular weight excluding hydrogens is 461 g/mol. The van der Waals surface area contributed by atoms with Gasteiger partial charge in [-0.2, -0.15) is 13.2 Å². The number of fused-ring (bicyclic) bond motifs is 1. The Morgan fingerprint density at radius 1 is 0.971 bits per heavy atom. The number of hydrogen-bond donors (Lipinski definition) is 1. The summed E-state index contributed by atoms with van der Waals surface area (Å²) in [6.45, 7) is 5.29. The average molecular weight is 489 g/mol. The van der Waals surface area contributed by atoms with Gasteiger partial charge in [0.25, 0.3) is 11.8 Å². The molecule has 1 fully saturated rings. The normalized spacial score (nSPS) is 16.6. The van der Waals surface area contributed by atoms with E-state index in [0.717, 1.165) is 23.1 Å². The number of carbonyl (C=O) groups excluding carboxylic acids is 3. The van der Waals surface area contributed by atoms with Crippen molar-refractivity contribution in [1.29, 1.82) is 0 Å². The van der Waals surface area contributed by atoms with Crippen LogP contribution < -0.4 is 10.2 Å². The summed E-state index contributed by atoms with van der Waals surface area (Å²) < 4.78 is 38.9. The van der Waals surface area contributed by atoms with Gasteiger partial charge < -0.3 is 10.2 Å². The predicted octanol–water partition coefficient (Wildman–Crippen LogP) is 2.94. The lowest BCUT2D eigenvalue weighted by Gasteiger charge is -2.36. The van der Waals surface area contributed by atoms with Crippen molar-refractivity contribution in [3.05, 3.63) is 64.7 Å². The van der Waals surface area contributed by atoms with Crippen LogP contribution in [0, 0.1) is 6.92 Å². The quantitative estimate of drug-likeness (QED) is 0.479. The zero-order valence-corrected chi connectivity index (χ0v) is 19.4. The van der Waals surface area contributed by atoms with Crippen LogP contribution in [0.25, 0.3) is 0 Å². The molecule has 2 aliphatic rings. The van der Waals surface area contributed by atoms with Gasteiger partial charge in [0.2, 0.25) is 5.91 Å². The maximum Gasteiger partial charge on any atom is 0.416 e. The first-order valence-electron chi connectivity index (χ1n) is 11.5. The van der Waals surface area contributed by atoms with E-state index in [-0.39, 0.29) is 6.54 Å². The number of carbonyl (C=O) groups is 3. The van der Waals surface area contributed by atoms with Crippen LogP contribution in [0.3, 0.4) is 0 Å². The number of piperazine rings is 1. The highest BCUT2D eigenvalue weighted by molar-refractivity contribution is 6.22. The van der Waals surface area contributed by atoms with Gasteiger partial charge in [-0.1, -0.05) is 17.7 Å². The minimum atomic E-state index is -4.36. The molecule has 2 heterocycles. The van der Waals surface area contributed by atoms with Gasteiger partial charge in [-0.3, -0.25) is 24.2 Å². The Kier molecular flexibility index (Phi) is 7.11. The summed E-state index contributed by atoms with van der Waals surface area (Å²) in [5, 5.41) is 2.75. The molecule has 10 heteroatoms. The van der Waals surface area contributed by atoms with E-state index < -0.39 is 29.5 Å². The number of halogens is 3. The Morgan fingerprint density at radius 2 is 1.69 bits per heavy atom. The smallest absolute Gasteiger partial charge is 0.369 e. The molecule has 0 atom stereocenters. The lowest BCUT2D eigenvalue weighted by molar-refractivity contribution is -0.137. The van der Waals surface area contributed by atoms with Gasteiger partial charge in [0.1, 0.15) is 6.54 Å². The number of alkyl halides is 3. The molecule has 186 valence electrons. The zero-order chi connectivity index (χ0) is 25.2. The summed E-state index contributed by atoms with van der Waals surface area (Å²) >= 11 is 0. The van der Waals surface area contributed by atoms with Crippen LogP contribution in [0.15, 0.2) is 42.5 Å². The molecule has 3 amide bonds. The van der Waals surface area contributed by atoms with Gasteiger partial charge in [-0.15, -0.1) is 0 Å². The minimum absolute atomic E-state index is 0.317. The summed E-state index contributed by atoms with van der Waals surface area (Å²) in [7, 11) is 0. The van der Waals surface area contributed by atoms with E-state index >= 15 is 0 Å². The van der Waals surface area contributed by atoms with Gasteiger partial charge in [0.05, 0.1) is 16.7 Å². The Morgan fingerprint density at radius 3 is 2.40 bits per heavy atom. The van der Waals surface area contributed by atoms with Crippen LogP contribution in [0.1, 0.15) is 38.3 Å². The number of benzene rings is 2. The largest absolute Gasteiger partial charge is 0.416 e. The Balaban J connectivity index is 1.17. The molecule has 0 unspecified atom stereocenters. The fourth-order valence-electron chi connectivity index (χ4n) is 4.39. The molecule has 4 rings (SSSR count). The van der Waals surface area contributed by atoms with E-state index in [0.29, 0.717) is 56.0 Å². The van der Waals surface area contributed by atoms with Crippen LogP contribution >= 0.6 is 0 Å². The van der Waals surface area contributed by atoms with Gasteiger partial charge in [-0.25, -0.2) is 0 Å². The number of imide groups is 1. The van der Waals surface area contributed by atoms with Crippen molar-refractivity contribution in [1.82, 2.24) is 15.1 Å². The van der Waals surface area contributed by atoms with Crippen molar-refractivity contribution in [2.45, 2.75) is 19.5 Å². The van der Waals surface area contributed by atoms with E-state index in [1.54, 1.807) is 24.3 Å². The highest BCUT2D eigenvalue weighted by Gasteiger charge is 2.36. The predicted molar refractivity (Wildman–Crippen MR) is 124 cm³/mol. The molecule has 1 N–H and O–H groups in total. The van der Waals surface area contributed by atoms with Crippen molar-refractivity contribution in [3.63, 3.8) is 0 Å². The number of anilines is 1. The second-order valence-electron chi connectivity index (χ2n) is 8.83. The number of amides is 3. The molecule has 0 aromatic heterocycles. The van der Waals surface area contributed by atoms with Crippen molar-refractivity contribution in [3.8, 4) is 0 Å². The van der Waals surface area contributed by atoms with E-state index in [1.165, 1.54) is 12.1 Å². The van der Waals surface area contributed by atoms with Gasteiger partial charge in [0, 0.05) is 38.4 Å². The first-order valence-corrected chi connectivity index (χ1v) is 11.5. The van der Waals surface area contributed by atoms with Crippen molar-refractivity contribution in [2.75, 3.05) is 50.7 Å². The maximum atomic E-state index is 13.0. The molecule has 2 aliphatic heterocycles. The van der Waals surface area contributed by atoms with Crippen molar-refractivity contribution in [2.24, 2.45) is 0 Å². The van der Waals surface area contributed by atoms with Crippen LogP contribution in [0.2, 0.25) is 0 Å². The summed E-state index contributed by atoms with van der Waals surface area (Å²) in [6.07, 6.45) is -3.68. The highest BCUT2D eigenvalue weighted by Crippen LogP contribution is 2.32. The number of rotatable bonds is 7. The van der Waals surface area contributed by atoms with E-state index in [9.17, 15) is 27.6 Å². The third-order valence-corrected chi connectivity index (χ3v) is 6.31. The molecular formula is C25H27F3N4O3. The minimum Gasteiger partial charge on any atom is -0.369 e. The fourth-order valence-corrected chi connectivity index (χ4v) is 4.39. The lowest BCUT2D eigenvalue weighted by Crippen LogP contribution is -2.47. The van der Waals surface area contributed by atoms with E-state index in [4.69, 9.17) is 0 Å². The topological polar surface area (TPSA) is 73.0 Å².